The Morgan fingerprint density at radius 3 is 2.44 bits per heavy atom. The monoisotopic (exact) mass is 720 g/mol. The SMILES string of the molecule is COc1nc2c(cc1C(=O)N1CCC3(CC1)CNC(=O)[C@@H](C(C)C)NC(=O)[C@H](C)N(C)C(=O)[C@H]([C@@H](C)O)NC(=O)COc1cccc(c1)C3)CCC2. The number of pyridine rings is 1. The van der Waals surface area contributed by atoms with E-state index in [2.05, 4.69) is 20.9 Å². The molecule has 3 aliphatic rings. The number of nitrogens with zero attached hydrogens (tertiary/aromatic N) is 3. The minimum atomic E-state index is -1.33. The normalized spacial score (nSPS) is 23.7. The first-order valence-electron chi connectivity index (χ1n) is 18.1. The van der Waals surface area contributed by atoms with Crippen molar-refractivity contribution in [2.75, 3.05) is 40.4 Å². The van der Waals surface area contributed by atoms with Crippen LogP contribution in [0.15, 0.2) is 30.3 Å². The summed E-state index contributed by atoms with van der Waals surface area (Å²) in [5, 5.41) is 18.8. The summed E-state index contributed by atoms with van der Waals surface area (Å²) in [6.45, 7) is 7.30. The van der Waals surface area contributed by atoms with E-state index in [1.807, 2.05) is 43.0 Å². The highest BCUT2D eigenvalue weighted by Gasteiger charge is 2.39. The van der Waals surface area contributed by atoms with Crippen molar-refractivity contribution in [3.8, 4) is 11.6 Å². The molecule has 1 aromatic carbocycles. The van der Waals surface area contributed by atoms with E-state index >= 15 is 0 Å². The number of nitrogens with one attached hydrogen (secondary N) is 3. The predicted molar refractivity (Wildman–Crippen MR) is 192 cm³/mol. The lowest BCUT2D eigenvalue weighted by Crippen LogP contribution is -2.59. The Bertz CT molecular complexity index is 1670. The number of amides is 5. The molecule has 282 valence electrons. The van der Waals surface area contributed by atoms with Crippen LogP contribution in [-0.2, 0) is 38.4 Å². The van der Waals surface area contributed by atoms with Crippen LogP contribution in [-0.4, -0.2) is 114 Å². The van der Waals surface area contributed by atoms with Gasteiger partial charge >= 0.3 is 0 Å². The van der Waals surface area contributed by atoms with Gasteiger partial charge in [0, 0.05) is 32.4 Å². The molecule has 0 radical (unpaired) electrons. The average molecular weight is 721 g/mol. The number of carbonyl (C=O) groups excluding carboxylic acids is 5. The van der Waals surface area contributed by atoms with E-state index < -0.39 is 54.0 Å². The summed E-state index contributed by atoms with van der Waals surface area (Å²) in [4.78, 5) is 75.0. The molecule has 1 aliphatic carbocycles. The molecule has 1 spiro atoms. The number of hydrogen-bond donors (Lipinski definition) is 4. The number of ether oxygens (including phenoxy) is 2. The minimum absolute atomic E-state index is 0.138. The Morgan fingerprint density at radius 1 is 1.04 bits per heavy atom. The molecule has 1 saturated heterocycles. The number of rotatable bonds is 4. The Kier molecular flexibility index (Phi) is 12.1. The molecule has 2 aliphatic heterocycles. The standard InChI is InChI=1S/C38H52N6O8/c1-22(2)31-34(48)39-21-38(13-15-44(16-14-38)36(49)28-18-26-10-8-12-29(26)40-35(28)51-6)19-25-9-7-11-27(17-25)52-20-30(46)41-32(24(4)45)37(50)43(5)23(3)33(47)42-31/h7,9,11,17-18,22-24,31-32,45H,8,10,12-16,19-21H2,1-6H3,(H,39,48)(H,41,46)(H,42,47)/t23-,24+,31+,32-/m0/s1. The Balaban J connectivity index is 1.41. The Labute approximate surface area is 305 Å². The van der Waals surface area contributed by atoms with Crippen LogP contribution >= 0.6 is 0 Å². The van der Waals surface area contributed by atoms with Crippen LogP contribution in [0.3, 0.4) is 0 Å². The second-order valence-electron chi connectivity index (χ2n) is 14.8. The number of likely N-dealkylation sites (N-methyl/N-ethyl adjacent to an activating group) is 1. The fraction of sp³-hybridized carbons (Fsp3) is 0.579. The molecule has 4 atom stereocenters. The highest BCUT2D eigenvalue weighted by Crippen LogP contribution is 2.37. The van der Waals surface area contributed by atoms with Gasteiger partial charge in [0.25, 0.3) is 11.8 Å². The van der Waals surface area contributed by atoms with E-state index in [0.717, 1.165) is 41.0 Å². The van der Waals surface area contributed by atoms with Gasteiger partial charge in [-0.1, -0.05) is 26.0 Å². The minimum Gasteiger partial charge on any atom is -0.484 e. The molecule has 5 rings (SSSR count). The summed E-state index contributed by atoms with van der Waals surface area (Å²) in [6, 6.07) is 6.02. The van der Waals surface area contributed by atoms with Crippen molar-refractivity contribution in [2.45, 2.75) is 90.4 Å². The van der Waals surface area contributed by atoms with Crippen LogP contribution in [0.25, 0.3) is 0 Å². The van der Waals surface area contributed by atoms with Crippen LogP contribution in [0.4, 0.5) is 0 Å². The summed E-state index contributed by atoms with van der Waals surface area (Å²) in [7, 11) is 2.93. The van der Waals surface area contributed by atoms with Gasteiger partial charge < -0.3 is 40.3 Å². The van der Waals surface area contributed by atoms with E-state index in [0.29, 0.717) is 49.5 Å². The van der Waals surface area contributed by atoms with Gasteiger partial charge in [0.15, 0.2) is 6.61 Å². The fourth-order valence-corrected chi connectivity index (χ4v) is 7.24. The summed E-state index contributed by atoms with van der Waals surface area (Å²) < 4.78 is 11.4. The second-order valence-corrected chi connectivity index (χ2v) is 14.8. The topological polar surface area (TPSA) is 179 Å². The van der Waals surface area contributed by atoms with Crippen molar-refractivity contribution in [1.29, 1.82) is 0 Å². The molecule has 52 heavy (non-hydrogen) atoms. The van der Waals surface area contributed by atoms with Crippen LogP contribution < -0.4 is 25.4 Å². The first kappa shape index (κ1) is 38.5. The maximum Gasteiger partial charge on any atom is 0.259 e. The van der Waals surface area contributed by atoms with E-state index in [1.165, 1.54) is 28.0 Å². The van der Waals surface area contributed by atoms with E-state index in [4.69, 9.17) is 9.47 Å². The maximum absolute atomic E-state index is 13.9. The third-order valence-electron chi connectivity index (χ3n) is 10.7. The molecular formula is C38H52N6O8. The lowest BCUT2D eigenvalue weighted by molar-refractivity contribution is -0.144. The van der Waals surface area contributed by atoms with E-state index in [9.17, 15) is 29.1 Å². The fourth-order valence-electron chi connectivity index (χ4n) is 7.24. The average Bonchev–Trinajstić information content (AvgIpc) is 3.60. The molecule has 2 aromatic rings. The molecule has 4 N–H and O–H groups in total. The number of aromatic nitrogens is 1. The maximum atomic E-state index is 13.9. The first-order valence-corrected chi connectivity index (χ1v) is 18.1. The number of piperidine rings is 1. The molecule has 2 bridgehead atoms. The lowest BCUT2D eigenvalue weighted by Gasteiger charge is -2.42. The van der Waals surface area contributed by atoms with Crippen LogP contribution in [0.5, 0.6) is 11.6 Å². The van der Waals surface area contributed by atoms with Gasteiger partial charge in [0.1, 0.15) is 29.4 Å². The van der Waals surface area contributed by atoms with Gasteiger partial charge in [-0.3, -0.25) is 24.0 Å². The van der Waals surface area contributed by atoms with Crippen LogP contribution in [0.2, 0.25) is 0 Å². The number of hydrogen-bond acceptors (Lipinski definition) is 9. The highest BCUT2D eigenvalue weighted by molar-refractivity contribution is 5.97. The summed E-state index contributed by atoms with van der Waals surface area (Å²) >= 11 is 0. The number of benzene rings is 1. The second kappa shape index (κ2) is 16.3. The molecule has 0 saturated carbocycles. The Morgan fingerprint density at radius 2 is 1.77 bits per heavy atom. The van der Waals surface area contributed by atoms with Gasteiger partial charge in [-0.25, -0.2) is 4.98 Å². The molecular weight excluding hydrogens is 668 g/mol. The van der Waals surface area contributed by atoms with Crippen molar-refractivity contribution < 1.29 is 38.6 Å². The van der Waals surface area contributed by atoms with Gasteiger partial charge in [0.05, 0.1) is 13.2 Å². The first-order chi connectivity index (χ1) is 24.7. The van der Waals surface area contributed by atoms with Crippen LogP contribution in [0.1, 0.15) is 74.1 Å². The highest BCUT2D eigenvalue weighted by atomic mass is 16.5. The quantitative estimate of drug-likeness (QED) is 0.364. The number of likely N-dealkylation sites (tertiary alicyclic amines) is 1. The number of fused-ring (bicyclic) bond motifs is 3. The summed E-state index contributed by atoms with van der Waals surface area (Å²) in [6.07, 6.45) is 3.20. The van der Waals surface area contributed by atoms with Crippen molar-refractivity contribution in [3.05, 3.63) is 52.7 Å². The van der Waals surface area contributed by atoms with Crippen molar-refractivity contribution >= 4 is 29.5 Å². The third kappa shape index (κ3) is 8.66. The van der Waals surface area contributed by atoms with Crippen molar-refractivity contribution in [3.63, 3.8) is 0 Å². The smallest absolute Gasteiger partial charge is 0.259 e. The largest absolute Gasteiger partial charge is 0.484 e. The number of aliphatic hydroxyl groups excluding tert-OH is 1. The summed E-state index contributed by atoms with van der Waals surface area (Å²) in [5.41, 5.74) is 2.98. The van der Waals surface area contributed by atoms with Gasteiger partial charge in [-0.2, -0.15) is 0 Å². The molecule has 1 aromatic heterocycles. The number of aliphatic hydroxyl groups is 1. The third-order valence-corrected chi connectivity index (χ3v) is 10.7. The molecule has 0 unspecified atom stereocenters. The number of methoxy groups -OCH3 is 1. The molecule has 5 amide bonds. The summed E-state index contributed by atoms with van der Waals surface area (Å²) in [5.74, 6) is -1.86. The zero-order chi connectivity index (χ0) is 37.7. The molecule has 14 heteroatoms. The zero-order valence-corrected chi connectivity index (χ0v) is 31.0. The number of aryl methyl sites for hydroxylation is 2. The van der Waals surface area contributed by atoms with Crippen molar-refractivity contribution in [2.24, 2.45) is 11.3 Å². The van der Waals surface area contributed by atoms with E-state index in [1.54, 1.807) is 6.07 Å². The molecule has 1 fully saturated rings. The lowest BCUT2D eigenvalue weighted by atomic mass is 9.73. The van der Waals surface area contributed by atoms with Gasteiger partial charge in [-0.15, -0.1) is 0 Å². The predicted octanol–water partition coefficient (Wildman–Crippen LogP) is 1.41. The van der Waals surface area contributed by atoms with Gasteiger partial charge in [0.2, 0.25) is 23.6 Å². The van der Waals surface area contributed by atoms with Crippen molar-refractivity contribution in [1.82, 2.24) is 30.7 Å². The Hall–Kier alpha value is -4.72. The molecule has 3 heterocycles. The zero-order valence-electron chi connectivity index (χ0n) is 31.0. The van der Waals surface area contributed by atoms with E-state index in [-0.39, 0.29) is 24.3 Å². The van der Waals surface area contributed by atoms with Crippen LogP contribution in [0, 0.1) is 11.3 Å². The van der Waals surface area contributed by atoms with Gasteiger partial charge in [-0.05, 0) is 93.0 Å². The molecule has 14 nitrogen and oxygen atoms in total. The number of carbonyl (C=O) groups is 5.